The fourth-order valence-electron chi connectivity index (χ4n) is 4.23. The van der Waals surface area contributed by atoms with Crippen LogP contribution >= 0.6 is 11.3 Å². The lowest BCUT2D eigenvalue weighted by Gasteiger charge is -2.49. The molecule has 1 aromatic carbocycles. The molecule has 0 N–H and O–H groups in total. The monoisotopic (exact) mass is 380 g/mol. The summed E-state index contributed by atoms with van der Waals surface area (Å²) in [6.45, 7) is 7.59. The standard InChI is InChI=1S/C22H24N2O2S/c1-15(11-16-7-6-10-27-16)21(26)23-12-19-17-8-4-5-9-18(17)22(2,3)14-24(19)20(25)13-23/h4-11,19H,12-14H2,1-3H3/b15-11+. The van der Waals surface area contributed by atoms with E-state index in [0.717, 1.165) is 4.88 Å². The van der Waals surface area contributed by atoms with Crippen molar-refractivity contribution in [1.29, 1.82) is 0 Å². The van der Waals surface area contributed by atoms with Gasteiger partial charge in [0.05, 0.1) is 6.04 Å². The Morgan fingerprint density at radius 1 is 1.22 bits per heavy atom. The van der Waals surface area contributed by atoms with Gasteiger partial charge in [0.2, 0.25) is 11.8 Å². The summed E-state index contributed by atoms with van der Waals surface area (Å²) in [4.78, 5) is 30.6. The molecule has 0 saturated carbocycles. The van der Waals surface area contributed by atoms with E-state index < -0.39 is 0 Å². The van der Waals surface area contributed by atoms with Crippen molar-refractivity contribution in [1.82, 2.24) is 9.80 Å². The van der Waals surface area contributed by atoms with Crippen LogP contribution < -0.4 is 0 Å². The number of hydrogen-bond acceptors (Lipinski definition) is 3. The predicted octanol–water partition coefficient (Wildman–Crippen LogP) is 3.85. The van der Waals surface area contributed by atoms with Gasteiger partial charge in [0.15, 0.2) is 0 Å². The number of nitrogens with zero attached hydrogens (tertiary/aromatic N) is 2. The van der Waals surface area contributed by atoms with E-state index in [2.05, 4.69) is 32.0 Å². The van der Waals surface area contributed by atoms with Gasteiger partial charge >= 0.3 is 0 Å². The summed E-state index contributed by atoms with van der Waals surface area (Å²) in [5.74, 6) is -0.0233. The molecule has 4 rings (SSSR count). The summed E-state index contributed by atoms with van der Waals surface area (Å²) in [6.07, 6.45) is 1.90. The van der Waals surface area contributed by atoms with Crippen LogP contribution in [0.15, 0.2) is 47.4 Å². The van der Waals surface area contributed by atoms with E-state index in [9.17, 15) is 9.59 Å². The van der Waals surface area contributed by atoms with Gasteiger partial charge in [0.1, 0.15) is 6.54 Å². The maximum absolute atomic E-state index is 13.0. The van der Waals surface area contributed by atoms with Gasteiger partial charge in [0.25, 0.3) is 0 Å². The third-order valence-corrected chi connectivity index (χ3v) is 6.38. The minimum absolute atomic E-state index is 0.0334. The fraction of sp³-hybridized carbons (Fsp3) is 0.364. The Balaban J connectivity index is 1.64. The van der Waals surface area contributed by atoms with Gasteiger partial charge in [-0.05, 0) is 35.6 Å². The Labute approximate surface area is 164 Å². The van der Waals surface area contributed by atoms with Crippen LogP contribution in [0.5, 0.6) is 0 Å². The maximum atomic E-state index is 13.0. The first-order valence-corrected chi connectivity index (χ1v) is 10.1. The van der Waals surface area contributed by atoms with E-state index in [0.29, 0.717) is 18.7 Å². The molecular weight excluding hydrogens is 356 g/mol. The second kappa shape index (κ2) is 6.64. The minimum atomic E-state index is -0.0794. The van der Waals surface area contributed by atoms with Gasteiger partial charge in [-0.25, -0.2) is 0 Å². The molecule has 2 aliphatic rings. The van der Waals surface area contributed by atoms with Crippen molar-refractivity contribution >= 4 is 29.2 Å². The number of carbonyl (C=O) groups excluding carboxylic acids is 2. The molecule has 1 aromatic heterocycles. The molecule has 3 heterocycles. The first-order valence-electron chi connectivity index (χ1n) is 9.27. The molecule has 2 amide bonds. The van der Waals surface area contributed by atoms with Gasteiger partial charge in [-0.1, -0.05) is 44.2 Å². The molecule has 0 radical (unpaired) electrons. The zero-order valence-corrected chi connectivity index (χ0v) is 16.8. The van der Waals surface area contributed by atoms with Crippen LogP contribution in [0.4, 0.5) is 0 Å². The van der Waals surface area contributed by atoms with Gasteiger partial charge in [0, 0.05) is 29.0 Å². The van der Waals surface area contributed by atoms with Gasteiger partial charge in [-0.2, -0.15) is 0 Å². The van der Waals surface area contributed by atoms with E-state index in [1.165, 1.54) is 11.1 Å². The third-order valence-electron chi connectivity index (χ3n) is 5.56. The fourth-order valence-corrected chi connectivity index (χ4v) is 4.95. The molecule has 0 aliphatic carbocycles. The highest BCUT2D eigenvalue weighted by atomic mass is 32.1. The Hall–Kier alpha value is -2.40. The lowest BCUT2D eigenvalue weighted by atomic mass is 9.75. The van der Waals surface area contributed by atoms with Crippen molar-refractivity contribution in [2.45, 2.75) is 32.2 Å². The van der Waals surface area contributed by atoms with Crippen LogP contribution in [0.2, 0.25) is 0 Å². The number of amides is 2. The quantitative estimate of drug-likeness (QED) is 0.743. The van der Waals surface area contributed by atoms with E-state index in [1.807, 2.05) is 41.5 Å². The van der Waals surface area contributed by atoms with Crippen molar-refractivity contribution in [2.75, 3.05) is 19.6 Å². The number of hydrogen-bond donors (Lipinski definition) is 0. The predicted molar refractivity (Wildman–Crippen MR) is 108 cm³/mol. The third kappa shape index (κ3) is 3.21. The smallest absolute Gasteiger partial charge is 0.250 e. The molecule has 27 heavy (non-hydrogen) atoms. The summed E-state index contributed by atoms with van der Waals surface area (Å²) in [5, 5.41) is 1.99. The van der Waals surface area contributed by atoms with Gasteiger partial charge in [-0.15, -0.1) is 11.3 Å². The van der Waals surface area contributed by atoms with Gasteiger partial charge < -0.3 is 9.80 Å². The first-order chi connectivity index (χ1) is 12.9. The molecular formula is C22H24N2O2S. The van der Waals surface area contributed by atoms with Crippen molar-refractivity contribution in [3.8, 4) is 0 Å². The summed E-state index contributed by atoms with van der Waals surface area (Å²) < 4.78 is 0. The van der Waals surface area contributed by atoms with Gasteiger partial charge in [-0.3, -0.25) is 9.59 Å². The average molecular weight is 381 g/mol. The van der Waals surface area contributed by atoms with E-state index >= 15 is 0 Å². The average Bonchev–Trinajstić information content (AvgIpc) is 3.15. The summed E-state index contributed by atoms with van der Waals surface area (Å²) >= 11 is 1.60. The molecule has 1 saturated heterocycles. The summed E-state index contributed by atoms with van der Waals surface area (Å²) in [5.41, 5.74) is 3.03. The first kappa shape index (κ1) is 18.0. The topological polar surface area (TPSA) is 40.6 Å². The Bertz CT molecular complexity index is 914. The number of carbonyl (C=O) groups is 2. The second-order valence-corrected chi connectivity index (χ2v) is 9.02. The van der Waals surface area contributed by atoms with E-state index in [4.69, 9.17) is 0 Å². The molecule has 1 atom stereocenters. The second-order valence-electron chi connectivity index (χ2n) is 8.04. The van der Waals surface area contributed by atoms with Crippen LogP contribution in [0.25, 0.3) is 6.08 Å². The summed E-state index contributed by atoms with van der Waals surface area (Å²) in [7, 11) is 0. The van der Waals surface area contributed by atoms with Crippen molar-refractivity contribution in [3.63, 3.8) is 0 Å². The SMILES string of the molecule is C/C(=C\c1cccs1)C(=O)N1CC(=O)N2CC(C)(C)c3ccccc3C2C1. The number of piperazine rings is 1. The Morgan fingerprint density at radius 2 is 2.00 bits per heavy atom. The number of fused-ring (bicyclic) bond motifs is 3. The maximum Gasteiger partial charge on any atom is 0.250 e. The lowest BCUT2D eigenvalue weighted by molar-refractivity contribution is -0.148. The lowest BCUT2D eigenvalue weighted by Crippen LogP contribution is -2.58. The van der Waals surface area contributed by atoms with Crippen molar-refractivity contribution in [3.05, 3.63) is 63.4 Å². The van der Waals surface area contributed by atoms with E-state index in [1.54, 1.807) is 16.2 Å². The van der Waals surface area contributed by atoms with Crippen LogP contribution in [0.1, 0.15) is 42.8 Å². The number of benzene rings is 1. The zero-order chi connectivity index (χ0) is 19.2. The number of rotatable bonds is 2. The molecule has 140 valence electrons. The Morgan fingerprint density at radius 3 is 2.74 bits per heavy atom. The molecule has 0 spiro atoms. The normalized spacial score (nSPS) is 21.7. The highest BCUT2D eigenvalue weighted by Gasteiger charge is 2.44. The molecule has 2 aliphatic heterocycles. The molecule has 4 nitrogen and oxygen atoms in total. The van der Waals surface area contributed by atoms with Crippen LogP contribution in [-0.4, -0.2) is 41.2 Å². The highest BCUT2D eigenvalue weighted by molar-refractivity contribution is 7.10. The minimum Gasteiger partial charge on any atom is -0.331 e. The molecule has 1 unspecified atom stereocenters. The van der Waals surface area contributed by atoms with Crippen LogP contribution in [-0.2, 0) is 15.0 Å². The van der Waals surface area contributed by atoms with Crippen molar-refractivity contribution in [2.24, 2.45) is 0 Å². The van der Waals surface area contributed by atoms with E-state index in [-0.39, 0.29) is 29.8 Å². The zero-order valence-electron chi connectivity index (χ0n) is 15.9. The van der Waals surface area contributed by atoms with Crippen molar-refractivity contribution < 1.29 is 9.59 Å². The summed E-state index contributed by atoms with van der Waals surface area (Å²) in [6, 6.07) is 12.2. The largest absolute Gasteiger partial charge is 0.331 e. The molecule has 1 fully saturated rings. The van der Waals surface area contributed by atoms with Crippen LogP contribution in [0.3, 0.4) is 0 Å². The highest BCUT2D eigenvalue weighted by Crippen LogP contribution is 2.41. The molecule has 0 bridgehead atoms. The Kier molecular flexibility index (Phi) is 4.42. The molecule has 2 aromatic rings. The molecule has 5 heteroatoms. The number of thiophene rings is 1. The van der Waals surface area contributed by atoms with Crippen LogP contribution in [0, 0.1) is 0 Å².